The zero-order chi connectivity index (χ0) is 57.3. The number of phosphoric acid groups is 2. The van der Waals surface area contributed by atoms with Crippen LogP contribution < -0.4 is 0 Å². The number of carbonyl (C=O) groups is 4. The topological polar surface area (TPSA) is 237 Å². The number of unbranched alkanes of at least 4 members (excludes halogenated alkanes) is 25. The van der Waals surface area contributed by atoms with Crippen LogP contribution >= 0.6 is 15.6 Å². The van der Waals surface area contributed by atoms with Crippen LogP contribution in [-0.2, 0) is 65.4 Å². The summed E-state index contributed by atoms with van der Waals surface area (Å²) in [6, 6.07) is 0. The minimum atomic E-state index is -4.94. The molecule has 19 heteroatoms. The number of ether oxygens (including phenoxy) is 4. The Morgan fingerprint density at radius 1 is 0.364 bits per heavy atom. The van der Waals surface area contributed by atoms with Gasteiger partial charge in [0.1, 0.15) is 19.3 Å². The van der Waals surface area contributed by atoms with Crippen LogP contribution in [0.3, 0.4) is 0 Å². The third kappa shape index (κ3) is 50.7. The van der Waals surface area contributed by atoms with Gasteiger partial charge >= 0.3 is 39.5 Å². The Kier molecular flexibility index (Phi) is 49.7. The van der Waals surface area contributed by atoms with Crippen LogP contribution in [0.1, 0.15) is 279 Å². The van der Waals surface area contributed by atoms with E-state index in [0.29, 0.717) is 25.7 Å². The Hall–Kier alpha value is -1.94. The van der Waals surface area contributed by atoms with E-state index in [-0.39, 0.29) is 25.7 Å². The number of carbonyl (C=O) groups excluding carboxylic acids is 4. The van der Waals surface area contributed by atoms with Crippen LogP contribution in [0, 0.1) is 11.8 Å². The maximum absolute atomic E-state index is 12.9. The zero-order valence-corrected chi connectivity index (χ0v) is 51.0. The van der Waals surface area contributed by atoms with Gasteiger partial charge in [0.2, 0.25) is 0 Å². The molecule has 0 aliphatic carbocycles. The molecule has 456 valence electrons. The summed E-state index contributed by atoms with van der Waals surface area (Å²) >= 11 is 0. The van der Waals surface area contributed by atoms with Gasteiger partial charge in [-0.25, -0.2) is 9.13 Å². The molecule has 0 spiro atoms. The molecular formula is C58H112O17P2. The molecule has 0 aliphatic heterocycles. The van der Waals surface area contributed by atoms with E-state index in [1.807, 2.05) is 0 Å². The molecule has 0 aliphatic rings. The van der Waals surface area contributed by atoms with Crippen molar-refractivity contribution in [3.8, 4) is 0 Å². The molecule has 0 radical (unpaired) electrons. The van der Waals surface area contributed by atoms with Crippen molar-refractivity contribution >= 4 is 39.5 Å². The Balaban J connectivity index is 5.23. The molecule has 7 atom stereocenters. The van der Waals surface area contributed by atoms with Gasteiger partial charge in [-0.15, -0.1) is 0 Å². The van der Waals surface area contributed by atoms with Crippen molar-refractivity contribution in [1.82, 2.24) is 0 Å². The fourth-order valence-electron chi connectivity index (χ4n) is 8.41. The highest BCUT2D eigenvalue weighted by atomic mass is 31.2. The van der Waals surface area contributed by atoms with Gasteiger partial charge < -0.3 is 33.8 Å². The van der Waals surface area contributed by atoms with Gasteiger partial charge in [0.25, 0.3) is 0 Å². The highest BCUT2D eigenvalue weighted by Gasteiger charge is 2.30. The maximum atomic E-state index is 12.9. The largest absolute Gasteiger partial charge is 0.472 e. The molecular weight excluding hydrogens is 1030 g/mol. The summed E-state index contributed by atoms with van der Waals surface area (Å²) in [5.41, 5.74) is 0. The second-order valence-electron chi connectivity index (χ2n) is 21.5. The Bertz CT molecular complexity index is 1540. The van der Waals surface area contributed by atoms with Crippen molar-refractivity contribution in [2.45, 2.75) is 297 Å². The Morgan fingerprint density at radius 3 is 0.922 bits per heavy atom. The zero-order valence-electron chi connectivity index (χ0n) is 49.2. The fraction of sp³-hybridized carbons (Fsp3) is 0.931. The van der Waals surface area contributed by atoms with E-state index in [1.54, 1.807) is 0 Å². The molecule has 0 amide bonds. The quantitative estimate of drug-likeness (QED) is 0.0222. The lowest BCUT2D eigenvalue weighted by Gasteiger charge is -2.21. The molecule has 17 nitrogen and oxygen atoms in total. The lowest BCUT2D eigenvalue weighted by molar-refractivity contribution is -0.161. The van der Waals surface area contributed by atoms with Crippen LogP contribution in [0.2, 0.25) is 0 Å². The molecule has 0 fully saturated rings. The monoisotopic (exact) mass is 1140 g/mol. The number of aliphatic hydroxyl groups is 1. The van der Waals surface area contributed by atoms with E-state index in [2.05, 4.69) is 41.5 Å². The summed E-state index contributed by atoms with van der Waals surface area (Å²) in [6.07, 6.45) is 30.9. The van der Waals surface area contributed by atoms with Crippen LogP contribution in [-0.4, -0.2) is 96.7 Å². The average molecular weight is 1140 g/mol. The van der Waals surface area contributed by atoms with Gasteiger partial charge in [-0.05, 0) is 37.5 Å². The maximum Gasteiger partial charge on any atom is 0.472 e. The average Bonchev–Trinajstić information content (AvgIpc) is 3.40. The number of phosphoric ester groups is 2. The minimum absolute atomic E-state index is 0.104. The lowest BCUT2D eigenvalue weighted by atomic mass is 9.99. The molecule has 0 rings (SSSR count). The molecule has 0 bridgehead atoms. The van der Waals surface area contributed by atoms with Crippen LogP contribution in [0.15, 0.2) is 0 Å². The number of rotatable bonds is 57. The summed E-state index contributed by atoms with van der Waals surface area (Å²) in [5.74, 6) is -0.651. The molecule has 77 heavy (non-hydrogen) atoms. The van der Waals surface area contributed by atoms with Crippen LogP contribution in [0.25, 0.3) is 0 Å². The molecule has 0 aromatic heterocycles. The second-order valence-corrected chi connectivity index (χ2v) is 24.4. The van der Waals surface area contributed by atoms with E-state index in [4.69, 9.17) is 37.0 Å². The van der Waals surface area contributed by atoms with Crippen molar-refractivity contribution in [3.63, 3.8) is 0 Å². The minimum Gasteiger partial charge on any atom is -0.462 e. The summed E-state index contributed by atoms with van der Waals surface area (Å²) in [6.45, 7) is 9.33. The van der Waals surface area contributed by atoms with Crippen molar-refractivity contribution in [2.75, 3.05) is 39.6 Å². The van der Waals surface area contributed by atoms with Gasteiger partial charge in [0, 0.05) is 25.7 Å². The predicted octanol–water partition coefficient (Wildman–Crippen LogP) is 15.3. The summed E-state index contributed by atoms with van der Waals surface area (Å²) in [4.78, 5) is 71.7. The normalized spacial score (nSPS) is 15.2. The first-order valence-corrected chi connectivity index (χ1v) is 33.6. The number of aliphatic hydroxyl groups excluding tert-OH is 1. The molecule has 0 saturated carbocycles. The number of hydrogen-bond acceptors (Lipinski definition) is 15. The lowest BCUT2D eigenvalue weighted by Crippen LogP contribution is -2.30. The first-order chi connectivity index (χ1) is 36.9. The molecule has 0 aromatic rings. The molecule has 4 unspecified atom stereocenters. The van der Waals surface area contributed by atoms with Gasteiger partial charge in [0.15, 0.2) is 12.2 Å². The van der Waals surface area contributed by atoms with E-state index in [1.165, 1.54) is 70.6 Å². The standard InChI is InChI=1S/C58H112O17P2/c1-7-11-13-15-17-22-30-36-42-57(62)74-53(46-68-55(60)40-34-28-20-16-14-12-8-2)48-72-76(64,65)70-44-52(59)45-71-77(66,67)73-49-54(47-69-56(61)41-35-29-25-24-27-33-39-51(6)10-4)75-58(63)43-37-31-23-19-18-21-26-32-38-50(5)9-3/h50-54,59H,7-49H2,1-6H3,(H,64,65)(H,66,67)/t50?,51?,52-,53+,54+/m0/s1. The van der Waals surface area contributed by atoms with Gasteiger partial charge in [-0.3, -0.25) is 37.3 Å². The van der Waals surface area contributed by atoms with E-state index in [0.717, 1.165) is 127 Å². The molecule has 0 saturated heterocycles. The SMILES string of the molecule is CCCCCCCCCCC(=O)O[C@H](COC(=O)CCCCCCCCC)COP(=O)(O)OC[C@H](O)COP(=O)(O)OC[C@@H](COC(=O)CCCCCCCCC(C)CC)OC(=O)CCCCCCCCCCC(C)CC. The first-order valence-electron chi connectivity index (χ1n) is 30.6. The molecule has 0 heterocycles. The van der Waals surface area contributed by atoms with Crippen LogP contribution in [0.5, 0.6) is 0 Å². The van der Waals surface area contributed by atoms with Crippen molar-refractivity contribution < 1.29 is 80.2 Å². The van der Waals surface area contributed by atoms with Crippen molar-refractivity contribution in [3.05, 3.63) is 0 Å². The van der Waals surface area contributed by atoms with Gasteiger partial charge in [-0.2, -0.15) is 0 Å². The molecule has 3 N–H and O–H groups in total. The van der Waals surface area contributed by atoms with E-state index >= 15 is 0 Å². The highest BCUT2D eigenvalue weighted by Crippen LogP contribution is 2.45. The van der Waals surface area contributed by atoms with E-state index in [9.17, 15) is 43.2 Å². The highest BCUT2D eigenvalue weighted by molar-refractivity contribution is 7.47. The molecule has 0 aromatic carbocycles. The Morgan fingerprint density at radius 2 is 0.623 bits per heavy atom. The van der Waals surface area contributed by atoms with Crippen molar-refractivity contribution in [1.29, 1.82) is 0 Å². The van der Waals surface area contributed by atoms with Crippen molar-refractivity contribution in [2.24, 2.45) is 11.8 Å². The smallest absolute Gasteiger partial charge is 0.462 e. The van der Waals surface area contributed by atoms with Crippen LogP contribution in [0.4, 0.5) is 0 Å². The fourth-order valence-corrected chi connectivity index (χ4v) is 9.99. The summed E-state index contributed by atoms with van der Waals surface area (Å²) in [7, 11) is -9.87. The Labute approximate surface area is 467 Å². The predicted molar refractivity (Wildman–Crippen MR) is 303 cm³/mol. The van der Waals surface area contributed by atoms with E-state index < -0.39 is 97.5 Å². The summed E-state index contributed by atoms with van der Waals surface area (Å²) < 4.78 is 67.6. The number of hydrogen-bond donors (Lipinski definition) is 3. The second kappa shape index (κ2) is 51.0. The third-order valence-corrected chi connectivity index (χ3v) is 15.8. The van der Waals surface area contributed by atoms with Gasteiger partial charge in [-0.1, -0.05) is 228 Å². The summed E-state index contributed by atoms with van der Waals surface area (Å²) in [5, 5.41) is 10.5. The number of esters is 4. The van der Waals surface area contributed by atoms with Gasteiger partial charge in [0.05, 0.1) is 26.4 Å². The first kappa shape index (κ1) is 75.1. The third-order valence-electron chi connectivity index (χ3n) is 13.9.